The number of fused-ring (bicyclic) bond motifs is 1. The SMILES string of the molecule is Cl.O=c1cc(OCc2ccccc2)ccn1-c1ccc2c(cnn2CCNC2CCCC2)c1. The Balaban J connectivity index is 0.00000259. The topological polar surface area (TPSA) is 61.1 Å². The summed E-state index contributed by atoms with van der Waals surface area (Å²) in [6.07, 6.45) is 8.88. The number of halogens is 1. The Morgan fingerprint density at radius 1 is 1.03 bits per heavy atom. The second-order valence-electron chi connectivity index (χ2n) is 8.39. The molecule has 0 saturated heterocycles. The molecule has 0 radical (unpaired) electrons. The zero-order valence-corrected chi connectivity index (χ0v) is 19.3. The molecule has 1 saturated carbocycles. The third-order valence-electron chi connectivity index (χ3n) is 6.15. The van der Waals surface area contributed by atoms with Crippen molar-refractivity contribution < 1.29 is 4.74 Å². The highest BCUT2D eigenvalue weighted by Gasteiger charge is 2.14. The van der Waals surface area contributed by atoms with Gasteiger partial charge < -0.3 is 10.1 Å². The summed E-state index contributed by atoms with van der Waals surface area (Å²) in [5.74, 6) is 0.568. The van der Waals surface area contributed by atoms with Crippen LogP contribution in [0.15, 0.2) is 77.9 Å². The van der Waals surface area contributed by atoms with Gasteiger partial charge in [-0.1, -0.05) is 43.2 Å². The van der Waals surface area contributed by atoms with Crippen LogP contribution in [-0.2, 0) is 13.2 Å². The molecular weight excluding hydrogens is 436 g/mol. The molecule has 33 heavy (non-hydrogen) atoms. The third kappa shape index (κ3) is 5.46. The Morgan fingerprint density at radius 2 is 1.85 bits per heavy atom. The van der Waals surface area contributed by atoms with Crippen LogP contribution in [0.25, 0.3) is 16.6 Å². The van der Waals surface area contributed by atoms with E-state index in [4.69, 9.17) is 4.74 Å². The monoisotopic (exact) mass is 464 g/mol. The van der Waals surface area contributed by atoms with Crippen LogP contribution in [0.5, 0.6) is 5.75 Å². The normalized spacial score (nSPS) is 13.8. The molecule has 7 heteroatoms. The van der Waals surface area contributed by atoms with Crippen LogP contribution in [0.4, 0.5) is 0 Å². The van der Waals surface area contributed by atoms with Gasteiger partial charge in [0.1, 0.15) is 12.4 Å². The van der Waals surface area contributed by atoms with E-state index in [0.29, 0.717) is 18.4 Å². The Kier molecular flexibility index (Phi) is 7.47. The van der Waals surface area contributed by atoms with Crippen molar-refractivity contribution >= 4 is 23.3 Å². The molecule has 6 nitrogen and oxygen atoms in total. The van der Waals surface area contributed by atoms with Gasteiger partial charge in [-0.3, -0.25) is 14.0 Å². The number of rotatable bonds is 8. The maximum atomic E-state index is 12.7. The van der Waals surface area contributed by atoms with E-state index in [2.05, 4.69) is 10.4 Å². The average Bonchev–Trinajstić information content (AvgIpc) is 3.48. The van der Waals surface area contributed by atoms with Crippen molar-refractivity contribution in [2.24, 2.45) is 0 Å². The predicted molar refractivity (Wildman–Crippen MR) is 134 cm³/mol. The summed E-state index contributed by atoms with van der Waals surface area (Å²) in [5.41, 5.74) is 2.85. The van der Waals surface area contributed by atoms with Gasteiger partial charge in [-0.15, -0.1) is 12.4 Å². The van der Waals surface area contributed by atoms with Gasteiger partial charge in [0, 0.05) is 35.9 Å². The first kappa shape index (κ1) is 23.1. The molecule has 1 N–H and O–H groups in total. The largest absolute Gasteiger partial charge is 0.489 e. The van der Waals surface area contributed by atoms with Crippen LogP contribution in [-0.4, -0.2) is 26.9 Å². The maximum Gasteiger partial charge on any atom is 0.258 e. The molecule has 0 bridgehead atoms. The zero-order valence-electron chi connectivity index (χ0n) is 18.5. The molecule has 4 aromatic rings. The minimum atomic E-state index is -0.122. The highest BCUT2D eigenvalue weighted by molar-refractivity contribution is 5.85. The second kappa shape index (κ2) is 10.7. The highest BCUT2D eigenvalue weighted by atomic mass is 35.5. The third-order valence-corrected chi connectivity index (χ3v) is 6.15. The Bertz CT molecular complexity index is 1250. The fourth-order valence-corrected chi connectivity index (χ4v) is 4.41. The van der Waals surface area contributed by atoms with Crippen molar-refractivity contribution in [2.75, 3.05) is 6.54 Å². The van der Waals surface area contributed by atoms with E-state index >= 15 is 0 Å². The molecule has 2 heterocycles. The first-order chi connectivity index (χ1) is 15.8. The molecule has 1 fully saturated rings. The predicted octanol–water partition coefficient (Wildman–Crippen LogP) is 4.72. The van der Waals surface area contributed by atoms with Crippen molar-refractivity contribution in [3.05, 3.63) is 89.0 Å². The first-order valence-electron chi connectivity index (χ1n) is 11.3. The quantitative estimate of drug-likeness (QED) is 0.410. The number of ether oxygens (including phenoxy) is 1. The minimum absolute atomic E-state index is 0. The van der Waals surface area contributed by atoms with Crippen molar-refractivity contribution in [1.29, 1.82) is 0 Å². The summed E-state index contributed by atoms with van der Waals surface area (Å²) in [5, 5.41) is 9.22. The minimum Gasteiger partial charge on any atom is -0.489 e. The van der Waals surface area contributed by atoms with Gasteiger partial charge in [0.05, 0.1) is 18.3 Å². The van der Waals surface area contributed by atoms with E-state index < -0.39 is 0 Å². The zero-order chi connectivity index (χ0) is 21.8. The highest BCUT2D eigenvalue weighted by Crippen LogP contribution is 2.20. The van der Waals surface area contributed by atoms with Crippen LogP contribution in [0.1, 0.15) is 31.2 Å². The fraction of sp³-hybridized carbons (Fsp3) is 0.308. The molecule has 1 aliphatic carbocycles. The second-order valence-corrected chi connectivity index (χ2v) is 8.39. The van der Waals surface area contributed by atoms with E-state index in [9.17, 15) is 4.79 Å². The fourth-order valence-electron chi connectivity index (χ4n) is 4.41. The van der Waals surface area contributed by atoms with Crippen LogP contribution in [0.3, 0.4) is 0 Å². The molecule has 172 valence electrons. The molecule has 0 unspecified atom stereocenters. The van der Waals surface area contributed by atoms with Gasteiger partial charge >= 0.3 is 0 Å². The number of nitrogens with one attached hydrogen (secondary N) is 1. The number of nitrogens with zero attached hydrogens (tertiary/aromatic N) is 3. The summed E-state index contributed by atoms with van der Waals surface area (Å²) in [7, 11) is 0. The molecule has 0 amide bonds. The molecule has 5 rings (SSSR count). The number of hydrogen-bond donors (Lipinski definition) is 1. The lowest BCUT2D eigenvalue weighted by Crippen LogP contribution is -2.29. The Hall–Kier alpha value is -3.09. The van der Waals surface area contributed by atoms with E-state index in [-0.39, 0.29) is 18.0 Å². The lowest BCUT2D eigenvalue weighted by atomic mass is 10.2. The summed E-state index contributed by atoms with van der Waals surface area (Å²) in [6.45, 7) is 2.20. The summed E-state index contributed by atoms with van der Waals surface area (Å²) in [6, 6.07) is 20.0. The van der Waals surface area contributed by atoms with Gasteiger partial charge in [0.25, 0.3) is 5.56 Å². The summed E-state index contributed by atoms with van der Waals surface area (Å²) >= 11 is 0. The average molecular weight is 465 g/mol. The van der Waals surface area contributed by atoms with Crippen molar-refractivity contribution in [3.8, 4) is 11.4 Å². The van der Waals surface area contributed by atoms with Gasteiger partial charge in [-0.2, -0.15) is 5.10 Å². The molecule has 0 aliphatic heterocycles. The number of hydrogen-bond acceptors (Lipinski definition) is 4. The van der Waals surface area contributed by atoms with Crippen molar-refractivity contribution in [1.82, 2.24) is 19.7 Å². The lowest BCUT2D eigenvalue weighted by molar-refractivity contribution is 0.305. The molecular formula is C26H29ClN4O2. The standard InChI is InChI=1S/C26H28N4O2.ClH/c31-26-17-24(32-19-20-6-2-1-3-7-20)12-14-29(26)23-10-11-25-21(16-23)18-28-30(25)15-13-27-22-8-4-5-9-22;/h1-3,6-7,10-12,14,16-18,22,27H,4-5,8-9,13,15,19H2;1H. The molecule has 0 spiro atoms. The maximum absolute atomic E-state index is 12.7. The Labute approximate surface area is 199 Å². The summed E-state index contributed by atoms with van der Waals surface area (Å²) < 4.78 is 9.44. The van der Waals surface area contributed by atoms with Crippen LogP contribution in [0.2, 0.25) is 0 Å². The van der Waals surface area contributed by atoms with Gasteiger partial charge in [-0.25, -0.2) is 0 Å². The number of aromatic nitrogens is 3. The number of pyridine rings is 1. The van der Waals surface area contributed by atoms with E-state index in [1.807, 2.05) is 65.5 Å². The van der Waals surface area contributed by atoms with Crippen molar-refractivity contribution in [2.45, 2.75) is 44.9 Å². The van der Waals surface area contributed by atoms with Gasteiger partial charge in [-0.05, 0) is 42.7 Å². The van der Waals surface area contributed by atoms with Crippen LogP contribution < -0.4 is 15.6 Å². The van der Waals surface area contributed by atoms with Gasteiger partial charge in [0.15, 0.2) is 0 Å². The van der Waals surface area contributed by atoms with E-state index in [1.54, 1.807) is 10.8 Å². The lowest BCUT2D eigenvalue weighted by Gasteiger charge is -2.12. The van der Waals surface area contributed by atoms with Crippen molar-refractivity contribution in [3.63, 3.8) is 0 Å². The summed E-state index contributed by atoms with van der Waals surface area (Å²) in [4.78, 5) is 12.7. The molecule has 2 aromatic heterocycles. The smallest absolute Gasteiger partial charge is 0.258 e. The Morgan fingerprint density at radius 3 is 2.64 bits per heavy atom. The van der Waals surface area contributed by atoms with Crippen LogP contribution >= 0.6 is 12.4 Å². The van der Waals surface area contributed by atoms with Crippen LogP contribution in [0, 0.1) is 0 Å². The number of benzene rings is 2. The molecule has 2 aromatic carbocycles. The van der Waals surface area contributed by atoms with E-state index in [1.165, 1.54) is 31.7 Å². The first-order valence-corrected chi connectivity index (χ1v) is 11.3. The van der Waals surface area contributed by atoms with E-state index in [0.717, 1.165) is 35.2 Å². The molecule has 1 aliphatic rings. The van der Waals surface area contributed by atoms with Gasteiger partial charge in [0.2, 0.25) is 0 Å². The molecule has 0 atom stereocenters.